The molecule has 4 aromatic rings. The summed E-state index contributed by atoms with van der Waals surface area (Å²) in [6.07, 6.45) is 0.296. The van der Waals surface area contributed by atoms with Crippen LogP contribution in [0, 0.1) is 0 Å². The van der Waals surface area contributed by atoms with E-state index >= 15 is 0 Å². The molecule has 4 N–H and O–H groups in total. The number of methoxy groups -OCH3 is 1. The predicted molar refractivity (Wildman–Crippen MR) is 144 cm³/mol. The van der Waals surface area contributed by atoms with E-state index in [1.807, 2.05) is 54.6 Å². The van der Waals surface area contributed by atoms with Crippen LogP contribution in [-0.2, 0) is 22.0 Å². The zero-order valence-corrected chi connectivity index (χ0v) is 21.3. The molecule has 1 aromatic heterocycles. The highest BCUT2D eigenvalue weighted by Gasteiger charge is 2.25. The highest BCUT2D eigenvalue weighted by molar-refractivity contribution is 7.93. The summed E-state index contributed by atoms with van der Waals surface area (Å²) in [4.78, 5) is 27.6. The Kier molecular flexibility index (Phi) is 8.62. The first-order valence-electron chi connectivity index (χ1n) is 11.5. The fourth-order valence-electron chi connectivity index (χ4n) is 3.81. The molecule has 1 heterocycles. The number of carbonyl (C=O) groups is 2. The van der Waals surface area contributed by atoms with Crippen LogP contribution in [0.5, 0.6) is 5.75 Å². The number of ether oxygens (including phenoxy) is 1. The van der Waals surface area contributed by atoms with Gasteiger partial charge in [0.2, 0.25) is 5.91 Å². The van der Waals surface area contributed by atoms with Crippen LogP contribution < -0.4 is 26.2 Å². The summed E-state index contributed by atoms with van der Waals surface area (Å²) >= 11 is 0.831. The van der Waals surface area contributed by atoms with Crippen LogP contribution in [0.3, 0.4) is 0 Å². The van der Waals surface area contributed by atoms with E-state index in [0.29, 0.717) is 23.6 Å². The molecule has 0 bridgehead atoms. The van der Waals surface area contributed by atoms with Gasteiger partial charge in [0, 0.05) is 31.1 Å². The average Bonchev–Trinajstić information content (AvgIpc) is 3.30. The number of likely N-dealkylation sites (N-methyl/N-ethyl adjacent to an activating group) is 1. The summed E-state index contributed by atoms with van der Waals surface area (Å²) in [5, 5.41) is 8.03. The molecule has 0 radical (unpaired) electrons. The average molecular weight is 521 g/mol. The van der Waals surface area contributed by atoms with Gasteiger partial charge in [-0.1, -0.05) is 48.5 Å². The van der Waals surface area contributed by atoms with Gasteiger partial charge < -0.3 is 20.7 Å². The number of hydrogen-bond donors (Lipinski definition) is 3. The molecule has 0 aliphatic heterocycles. The maximum absolute atomic E-state index is 13.4. The van der Waals surface area contributed by atoms with E-state index in [4.69, 9.17) is 14.8 Å². The number of nitrogens with one attached hydrogen (secondary N) is 2. The number of fused-ring (bicyclic) bond motifs is 1. The summed E-state index contributed by atoms with van der Waals surface area (Å²) in [5.74, 6) is 0.392. The summed E-state index contributed by atoms with van der Waals surface area (Å²) in [5.41, 5.74) is 11.2. The van der Waals surface area contributed by atoms with Crippen LogP contribution >= 0.6 is 12.2 Å². The van der Waals surface area contributed by atoms with Crippen molar-refractivity contribution in [1.29, 1.82) is 0 Å². The number of hydrogen-bond acceptors (Lipinski definition) is 7. The van der Waals surface area contributed by atoms with E-state index in [0.717, 1.165) is 28.7 Å². The van der Waals surface area contributed by atoms with E-state index in [1.54, 1.807) is 38.4 Å². The van der Waals surface area contributed by atoms with Crippen molar-refractivity contribution < 1.29 is 18.6 Å². The van der Waals surface area contributed by atoms with Crippen molar-refractivity contribution in [2.75, 3.05) is 19.1 Å². The maximum atomic E-state index is 13.4. The fourth-order valence-corrected chi connectivity index (χ4v) is 4.36. The topological polar surface area (TPSA) is 124 Å². The van der Waals surface area contributed by atoms with Crippen molar-refractivity contribution in [1.82, 2.24) is 20.0 Å². The van der Waals surface area contributed by atoms with Crippen LogP contribution in [-0.4, -0.2) is 41.3 Å². The molecule has 0 fully saturated rings. The van der Waals surface area contributed by atoms with Gasteiger partial charge in [-0.3, -0.25) is 4.79 Å². The third-order valence-electron chi connectivity index (χ3n) is 5.74. The minimum Gasteiger partial charge on any atom is -0.497 e. The van der Waals surface area contributed by atoms with Crippen LogP contribution in [0.15, 0.2) is 78.9 Å². The largest absolute Gasteiger partial charge is 0.497 e. The number of para-hydroxylation sites is 1. The molecule has 0 aliphatic carbocycles. The molecule has 1 atom stereocenters. The zero-order chi connectivity index (χ0) is 26.2. The standard InChI is InChI=1S/C26H28N6O4S/c1-31(19-12-14-20(35-2)15-13-19)25(33)22(16-18-8-4-3-5-9-18)28-26(34)30-36-37-32-24-11-7-6-10-21(24)23(17-27)29-32/h3-15,22H,16-17,27H2,1-2H3,(H2,28,30,34)/t22-/m0/s1. The third kappa shape index (κ3) is 6.39. The van der Waals surface area contributed by atoms with Crippen LogP contribution in [0.1, 0.15) is 11.3 Å². The van der Waals surface area contributed by atoms with Crippen LogP contribution in [0.2, 0.25) is 0 Å². The molecule has 4 rings (SSSR count). The summed E-state index contributed by atoms with van der Waals surface area (Å²) < 4.78 is 12.0. The molecule has 10 nitrogen and oxygen atoms in total. The SMILES string of the molecule is COc1ccc(N(C)C(=O)[C@H](Cc2ccccc2)NC(=O)NOSn2nc(CN)c3ccccc32)cc1. The molecule has 192 valence electrons. The lowest BCUT2D eigenvalue weighted by Gasteiger charge is -2.25. The molecular formula is C26H28N6O4S. The smallest absolute Gasteiger partial charge is 0.340 e. The Balaban J connectivity index is 1.42. The molecule has 3 aromatic carbocycles. The first-order valence-corrected chi connectivity index (χ1v) is 12.2. The Bertz CT molecular complexity index is 1350. The lowest BCUT2D eigenvalue weighted by atomic mass is 10.0. The van der Waals surface area contributed by atoms with Crippen molar-refractivity contribution in [2.24, 2.45) is 5.73 Å². The molecule has 11 heteroatoms. The number of urea groups is 1. The Morgan fingerprint density at radius 3 is 2.46 bits per heavy atom. The number of aromatic nitrogens is 2. The second-order valence-corrected chi connectivity index (χ2v) is 8.77. The van der Waals surface area contributed by atoms with Crippen molar-refractivity contribution >= 4 is 40.8 Å². The number of carbonyl (C=O) groups excluding carboxylic acids is 2. The first-order chi connectivity index (χ1) is 18.0. The molecular weight excluding hydrogens is 492 g/mol. The summed E-state index contributed by atoms with van der Waals surface area (Å²) in [6, 6.07) is 22.6. The van der Waals surface area contributed by atoms with Gasteiger partial charge in [0.1, 0.15) is 11.8 Å². The molecule has 3 amide bonds. The van der Waals surface area contributed by atoms with Gasteiger partial charge in [0.25, 0.3) is 0 Å². The molecule has 0 spiro atoms. The van der Waals surface area contributed by atoms with Gasteiger partial charge in [0.05, 0.1) is 18.3 Å². The number of anilines is 1. The number of benzene rings is 3. The highest BCUT2D eigenvalue weighted by atomic mass is 32.2. The molecule has 0 unspecified atom stereocenters. The monoisotopic (exact) mass is 520 g/mol. The Hall–Kier alpha value is -4.06. The van der Waals surface area contributed by atoms with E-state index in [2.05, 4.69) is 15.9 Å². The van der Waals surface area contributed by atoms with E-state index < -0.39 is 12.1 Å². The molecule has 0 saturated carbocycles. The van der Waals surface area contributed by atoms with Crippen LogP contribution in [0.4, 0.5) is 10.5 Å². The second kappa shape index (κ2) is 12.3. The number of nitrogens with two attached hydrogens (primary N) is 1. The molecule has 37 heavy (non-hydrogen) atoms. The van der Waals surface area contributed by atoms with Gasteiger partial charge >= 0.3 is 6.03 Å². The number of nitrogens with zero attached hydrogens (tertiary/aromatic N) is 3. The van der Waals surface area contributed by atoms with E-state index in [1.165, 1.54) is 8.99 Å². The van der Waals surface area contributed by atoms with Gasteiger partial charge in [-0.05, 0) is 35.9 Å². The second-order valence-electron chi connectivity index (χ2n) is 8.11. The molecule has 0 aliphatic rings. The van der Waals surface area contributed by atoms with Gasteiger partial charge in [0.15, 0.2) is 12.2 Å². The Labute approximate surface area is 219 Å². The minimum absolute atomic E-state index is 0.271. The quantitative estimate of drug-likeness (QED) is 0.216. The lowest BCUT2D eigenvalue weighted by Crippen LogP contribution is -2.51. The van der Waals surface area contributed by atoms with Gasteiger partial charge in [-0.25, -0.2) is 10.3 Å². The Morgan fingerprint density at radius 2 is 1.76 bits per heavy atom. The minimum atomic E-state index is -0.850. The molecule has 0 saturated heterocycles. The number of hydroxylamine groups is 1. The Morgan fingerprint density at radius 1 is 1.05 bits per heavy atom. The highest BCUT2D eigenvalue weighted by Crippen LogP contribution is 2.22. The van der Waals surface area contributed by atoms with E-state index in [9.17, 15) is 9.59 Å². The van der Waals surface area contributed by atoms with Crippen molar-refractivity contribution in [3.8, 4) is 5.75 Å². The van der Waals surface area contributed by atoms with Crippen LogP contribution in [0.25, 0.3) is 10.9 Å². The van der Waals surface area contributed by atoms with Crippen molar-refractivity contribution in [2.45, 2.75) is 19.0 Å². The number of rotatable bonds is 10. The zero-order valence-electron chi connectivity index (χ0n) is 20.5. The summed E-state index contributed by atoms with van der Waals surface area (Å²) in [6.45, 7) is 0.271. The first kappa shape index (κ1) is 26.0. The van der Waals surface area contributed by atoms with E-state index in [-0.39, 0.29) is 12.5 Å². The van der Waals surface area contributed by atoms with Crippen molar-refractivity contribution in [3.63, 3.8) is 0 Å². The lowest BCUT2D eigenvalue weighted by molar-refractivity contribution is -0.120. The van der Waals surface area contributed by atoms with Gasteiger partial charge in [-0.2, -0.15) is 13.5 Å². The summed E-state index contributed by atoms with van der Waals surface area (Å²) in [7, 11) is 3.24. The normalized spacial score (nSPS) is 11.6. The predicted octanol–water partition coefficient (Wildman–Crippen LogP) is 3.42. The third-order valence-corrected chi connectivity index (χ3v) is 6.32. The maximum Gasteiger partial charge on any atom is 0.340 e. The van der Waals surface area contributed by atoms with Gasteiger partial charge in [-0.15, -0.1) is 0 Å². The fraction of sp³-hybridized carbons (Fsp3) is 0.192. The number of amides is 3. The van der Waals surface area contributed by atoms with Crippen molar-refractivity contribution in [3.05, 3.63) is 90.1 Å².